The van der Waals surface area contributed by atoms with Gasteiger partial charge in [0.25, 0.3) is 5.82 Å². The second-order valence-electron chi connectivity index (χ2n) is 7.88. The maximum Gasteiger partial charge on any atom is 0.410 e. The summed E-state index contributed by atoms with van der Waals surface area (Å²) in [6.45, 7) is 16.7. The standard InChI is InChI=1S/C19H25N7O2/c1-13-11-25(7-8-26(13)18(27)28-19(2,3)4)15-10-21-17(20-5)16(23-15)14-9-22-24(6)12-14/h9-10,12-13H,7-8,11H2,1-4,6H3/t13-/m1/s1. The predicted molar refractivity (Wildman–Crippen MR) is 105 cm³/mol. The third-order valence-electron chi connectivity index (χ3n) is 4.40. The minimum Gasteiger partial charge on any atom is -0.444 e. The maximum absolute atomic E-state index is 12.4. The Balaban J connectivity index is 1.79. The van der Waals surface area contributed by atoms with E-state index in [1.165, 1.54) is 0 Å². The second-order valence-corrected chi connectivity index (χ2v) is 7.88. The van der Waals surface area contributed by atoms with E-state index in [0.29, 0.717) is 31.1 Å². The number of piperazine rings is 1. The molecule has 3 rings (SSSR count). The molecule has 0 spiro atoms. The monoisotopic (exact) mass is 383 g/mol. The molecule has 0 unspecified atom stereocenters. The SMILES string of the molecule is [C-]#[N+]c1ncc(N2CCN(C(=O)OC(C)(C)C)[C@H](C)C2)nc1-c1cnn(C)c1. The quantitative estimate of drug-likeness (QED) is 0.742. The van der Waals surface area contributed by atoms with Crippen LogP contribution < -0.4 is 4.90 Å². The summed E-state index contributed by atoms with van der Waals surface area (Å²) in [5, 5.41) is 4.16. The van der Waals surface area contributed by atoms with Crippen LogP contribution in [0.25, 0.3) is 16.1 Å². The molecule has 0 N–H and O–H groups in total. The van der Waals surface area contributed by atoms with Crippen LogP contribution in [-0.2, 0) is 11.8 Å². The highest BCUT2D eigenvalue weighted by Gasteiger charge is 2.32. The van der Waals surface area contributed by atoms with Crippen LogP contribution in [-0.4, -0.2) is 62.0 Å². The van der Waals surface area contributed by atoms with E-state index in [2.05, 4.69) is 24.8 Å². The minimum absolute atomic E-state index is 0.0345. The number of aromatic nitrogens is 4. The molecule has 2 aromatic rings. The zero-order valence-electron chi connectivity index (χ0n) is 16.9. The fourth-order valence-corrected chi connectivity index (χ4v) is 3.10. The van der Waals surface area contributed by atoms with Crippen molar-refractivity contribution >= 4 is 17.7 Å². The minimum atomic E-state index is -0.520. The van der Waals surface area contributed by atoms with Gasteiger partial charge in [-0.25, -0.2) is 9.78 Å². The average Bonchev–Trinajstić information content (AvgIpc) is 3.05. The van der Waals surface area contributed by atoms with Crippen molar-refractivity contribution in [1.29, 1.82) is 0 Å². The van der Waals surface area contributed by atoms with Crippen molar-refractivity contribution in [3.8, 4) is 11.3 Å². The number of nitrogens with zero attached hydrogens (tertiary/aromatic N) is 7. The lowest BCUT2D eigenvalue weighted by Gasteiger charge is -2.40. The predicted octanol–water partition coefficient (Wildman–Crippen LogP) is 2.87. The Labute approximate surface area is 164 Å². The number of amides is 1. The fraction of sp³-hybridized carbons (Fsp3) is 0.526. The molecule has 9 heteroatoms. The molecule has 0 saturated carbocycles. The first-order valence-corrected chi connectivity index (χ1v) is 9.16. The van der Waals surface area contributed by atoms with Crippen molar-refractivity contribution in [2.24, 2.45) is 7.05 Å². The van der Waals surface area contributed by atoms with E-state index >= 15 is 0 Å². The van der Waals surface area contributed by atoms with Crippen LogP contribution in [0.2, 0.25) is 0 Å². The highest BCUT2D eigenvalue weighted by molar-refractivity contribution is 5.72. The lowest BCUT2D eigenvalue weighted by Crippen LogP contribution is -2.55. The third-order valence-corrected chi connectivity index (χ3v) is 4.40. The maximum atomic E-state index is 12.4. The first-order chi connectivity index (χ1) is 13.2. The summed E-state index contributed by atoms with van der Waals surface area (Å²) in [4.78, 5) is 28.7. The van der Waals surface area contributed by atoms with Gasteiger partial charge in [0.05, 0.1) is 6.20 Å². The Morgan fingerprint density at radius 3 is 2.64 bits per heavy atom. The summed E-state index contributed by atoms with van der Waals surface area (Å²) in [5.41, 5.74) is 0.749. The number of anilines is 1. The summed E-state index contributed by atoms with van der Waals surface area (Å²) >= 11 is 0. The van der Waals surface area contributed by atoms with Crippen molar-refractivity contribution < 1.29 is 9.53 Å². The van der Waals surface area contributed by atoms with Crippen LogP contribution in [0.3, 0.4) is 0 Å². The average molecular weight is 383 g/mol. The first kappa shape index (κ1) is 19.6. The number of carbonyl (C=O) groups excluding carboxylic acids is 1. The van der Waals surface area contributed by atoms with Crippen molar-refractivity contribution in [2.45, 2.75) is 39.3 Å². The number of ether oxygens (including phenoxy) is 1. The van der Waals surface area contributed by atoms with Crippen LogP contribution in [0.15, 0.2) is 18.6 Å². The Kier molecular flexibility index (Phi) is 5.23. The number of carbonyl (C=O) groups is 1. The van der Waals surface area contributed by atoms with Gasteiger partial charge in [-0.3, -0.25) is 4.68 Å². The molecule has 1 fully saturated rings. The Morgan fingerprint density at radius 2 is 2.07 bits per heavy atom. The summed E-state index contributed by atoms with van der Waals surface area (Å²) in [6.07, 6.45) is 4.80. The molecule has 1 amide bonds. The number of hydrogen-bond acceptors (Lipinski definition) is 6. The van der Waals surface area contributed by atoms with Gasteiger partial charge in [0.15, 0.2) is 12.0 Å². The summed E-state index contributed by atoms with van der Waals surface area (Å²) in [5.74, 6) is 0.930. The van der Waals surface area contributed by atoms with E-state index < -0.39 is 5.60 Å². The zero-order valence-corrected chi connectivity index (χ0v) is 16.9. The molecular formula is C19H25N7O2. The largest absolute Gasteiger partial charge is 0.444 e. The molecule has 1 saturated heterocycles. The van der Waals surface area contributed by atoms with Crippen molar-refractivity contribution in [2.75, 3.05) is 24.5 Å². The van der Waals surface area contributed by atoms with Crippen LogP contribution in [0.5, 0.6) is 0 Å². The third kappa shape index (κ3) is 4.22. The smallest absolute Gasteiger partial charge is 0.410 e. The van der Waals surface area contributed by atoms with Crippen LogP contribution in [0.4, 0.5) is 16.4 Å². The molecule has 2 aromatic heterocycles. The lowest BCUT2D eigenvalue weighted by atomic mass is 10.2. The summed E-state index contributed by atoms with van der Waals surface area (Å²) in [7, 11) is 1.82. The van der Waals surface area contributed by atoms with Crippen molar-refractivity contribution in [1.82, 2.24) is 24.6 Å². The van der Waals surface area contributed by atoms with Crippen molar-refractivity contribution in [3.05, 3.63) is 30.0 Å². The van der Waals surface area contributed by atoms with E-state index in [1.54, 1.807) is 22.0 Å². The summed E-state index contributed by atoms with van der Waals surface area (Å²) in [6, 6.07) is -0.0345. The van der Waals surface area contributed by atoms with Crippen LogP contribution in [0, 0.1) is 6.57 Å². The second kappa shape index (κ2) is 7.46. The van der Waals surface area contributed by atoms with E-state index in [9.17, 15) is 4.79 Å². The highest BCUT2D eigenvalue weighted by Crippen LogP contribution is 2.29. The zero-order chi connectivity index (χ0) is 20.5. The van der Waals surface area contributed by atoms with E-state index in [0.717, 1.165) is 5.56 Å². The van der Waals surface area contributed by atoms with Crippen LogP contribution in [0.1, 0.15) is 27.7 Å². The molecule has 9 nitrogen and oxygen atoms in total. The van der Waals surface area contributed by atoms with Gasteiger partial charge in [-0.2, -0.15) is 5.10 Å². The molecule has 0 bridgehead atoms. The van der Waals surface area contributed by atoms with E-state index in [1.807, 2.05) is 40.9 Å². The molecule has 0 radical (unpaired) electrons. The molecular weight excluding hydrogens is 358 g/mol. The van der Waals surface area contributed by atoms with Crippen molar-refractivity contribution in [3.63, 3.8) is 0 Å². The topological polar surface area (TPSA) is 80.7 Å². The van der Waals surface area contributed by atoms with Crippen LogP contribution >= 0.6 is 0 Å². The summed E-state index contributed by atoms with van der Waals surface area (Å²) < 4.78 is 7.16. The number of rotatable bonds is 2. The fourth-order valence-electron chi connectivity index (χ4n) is 3.10. The molecule has 0 aromatic carbocycles. The molecule has 1 aliphatic rings. The van der Waals surface area contributed by atoms with Gasteiger partial charge >= 0.3 is 6.09 Å². The number of aryl methyl sites for hydroxylation is 1. The molecule has 28 heavy (non-hydrogen) atoms. The molecule has 0 aliphatic carbocycles. The Morgan fingerprint density at radius 1 is 1.32 bits per heavy atom. The molecule has 3 heterocycles. The van der Waals surface area contributed by atoms with E-state index in [-0.39, 0.29) is 18.0 Å². The highest BCUT2D eigenvalue weighted by atomic mass is 16.6. The van der Waals surface area contributed by atoms with Gasteiger partial charge in [0.2, 0.25) is 0 Å². The van der Waals surface area contributed by atoms with Gasteiger partial charge in [0.1, 0.15) is 11.3 Å². The van der Waals surface area contributed by atoms with Gasteiger partial charge in [-0.15, -0.1) is 4.98 Å². The molecule has 148 valence electrons. The molecule has 1 aliphatic heterocycles. The van der Waals surface area contributed by atoms with Gasteiger partial charge in [-0.05, 0) is 27.7 Å². The van der Waals surface area contributed by atoms with E-state index in [4.69, 9.17) is 11.3 Å². The van der Waals surface area contributed by atoms with Gasteiger partial charge in [0, 0.05) is 44.5 Å². The Hall–Kier alpha value is -3.15. The number of hydrogen-bond donors (Lipinski definition) is 0. The normalized spacial score (nSPS) is 17.4. The first-order valence-electron chi connectivity index (χ1n) is 9.16. The Bertz CT molecular complexity index is 910. The lowest BCUT2D eigenvalue weighted by molar-refractivity contribution is 0.0158. The molecule has 1 atom stereocenters. The van der Waals surface area contributed by atoms with Gasteiger partial charge in [-0.1, -0.05) is 6.57 Å². The van der Waals surface area contributed by atoms with Gasteiger partial charge < -0.3 is 19.4 Å².